The van der Waals surface area contributed by atoms with E-state index in [1.165, 1.54) is 22.7 Å². The summed E-state index contributed by atoms with van der Waals surface area (Å²) in [4.78, 5) is 29.9. The van der Waals surface area contributed by atoms with E-state index in [4.69, 9.17) is 14.2 Å². The van der Waals surface area contributed by atoms with Gasteiger partial charge in [-0.05, 0) is 42.0 Å². The third-order valence-electron chi connectivity index (χ3n) is 5.92. The maximum atomic E-state index is 12.7. The highest BCUT2D eigenvalue weighted by Gasteiger charge is 2.36. The molecule has 10 heteroatoms. The van der Waals surface area contributed by atoms with Gasteiger partial charge in [-0.15, -0.1) is 22.7 Å². The van der Waals surface area contributed by atoms with Gasteiger partial charge in [-0.2, -0.15) is 0 Å². The number of hydrogen-bond acceptors (Lipinski definition) is 8. The summed E-state index contributed by atoms with van der Waals surface area (Å²) in [5.74, 6) is 1.18. The Balaban J connectivity index is 1.21. The number of hydrogen-bond donors (Lipinski definition) is 2. The number of thiazole rings is 1. The van der Waals surface area contributed by atoms with Crippen molar-refractivity contribution in [1.82, 2.24) is 10.3 Å². The molecule has 0 unspecified atom stereocenters. The number of thiophene rings is 1. The lowest BCUT2D eigenvalue weighted by atomic mass is 9.74. The summed E-state index contributed by atoms with van der Waals surface area (Å²) in [5.41, 5.74) is 1.52. The molecule has 1 saturated heterocycles. The number of fused-ring (bicyclic) bond motifs is 1. The zero-order valence-electron chi connectivity index (χ0n) is 17.8. The van der Waals surface area contributed by atoms with Gasteiger partial charge in [0.15, 0.2) is 16.6 Å². The molecule has 0 spiro atoms. The van der Waals surface area contributed by atoms with E-state index in [1.54, 1.807) is 11.4 Å². The fraction of sp³-hybridized carbons (Fsp3) is 0.348. The Hall–Kier alpha value is -2.95. The van der Waals surface area contributed by atoms with Gasteiger partial charge >= 0.3 is 0 Å². The van der Waals surface area contributed by atoms with Crippen molar-refractivity contribution >= 4 is 39.6 Å². The number of carbonyl (C=O) groups excluding carboxylic acids is 2. The van der Waals surface area contributed by atoms with Gasteiger partial charge < -0.3 is 19.5 Å². The van der Waals surface area contributed by atoms with Crippen molar-refractivity contribution in [3.05, 3.63) is 57.2 Å². The van der Waals surface area contributed by atoms with Crippen molar-refractivity contribution in [2.75, 3.05) is 31.9 Å². The Morgan fingerprint density at radius 3 is 2.76 bits per heavy atom. The van der Waals surface area contributed by atoms with Gasteiger partial charge in [0.25, 0.3) is 5.91 Å². The van der Waals surface area contributed by atoms with Gasteiger partial charge in [0.2, 0.25) is 12.7 Å². The average molecular weight is 486 g/mol. The van der Waals surface area contributed by atoms with Crippen LogP contribution in [-0.2, 0) is 21.4 Å². The van der Waals surface area contributed by atoms with Crippen molar-refractivity contribution in [2.24, 2.45) is 0 Å². The van der Waals surface area contributed by atoms with Gasteiger partial charge in [-0.3, -0.25) is 14.9 Å². The molecule has 8 nitrogen and oxygen atoms in total. The molecule has 33 heavy (non-hydrogen) atoms. The first-order valence-corrected chi connectivity index (χ1v) is 12.4. The van der Waals surface area contributed by atoms with Crippen LogP contribution in [0.3, 0.4) is 0 Å². The molecule has 2 N–H and O–H groups in total. The summed E-state index contributed by atoms with van der Waals surface area (Å²) >= 11 is 2.68. The summed E-state index contributed by atoms with van der Waals surface area (Å²) in [6.45, 7) is 2.02. The maximum Gasteiger partial charge on any atom is 0.267 e. The number of nitrogens with one attached hydrogen (secondary N) is 2. The minimum atomic E-state index is -0.225. The zero-order valence-corrected chi connectivity index (χ0v) is 19.4. The highest BCUT2D eigenvalue weighted by atomic mass is 32.1. The van der Waals surface area contributed by atoms with Crippen LogP contribution in [-0.4, -0.2) is 43.3 Å². The predicted molar refractivity (Wildman–Crippen MR) is 125 cm³/mol. The molecule has 0 radical (unpaired) electrons. The van der Waals surface area contributed by atoms with E-state index in [9.17, 15) is 9.59 Å². The van der Waals surface area contributed by atoms with Crippen molar-refractivity contribution in [2.45, 2.75) is 24.7 Å². The molecule has 3 aromatic rings. The lowest BCUT2D eigenvalue weighted by molar-refractivity contribution is -0.121. The number of carbonyl (C=O) groups is 2. The van der Waals surface area contributed by atoms with E-state index >= 15 is 0 Å². The first-order chi connectivity index (χ1) is 16.1. The van der Waals surface area contributed by atoms with Crippen LogP contribution >= 0.6 is 22.7 Å². The molecule has 0 saturated carbocycles. The molecule has 172 valence electrons. The number of rotatable bonds is 7. The normalized spacial score (nSPS) is 16.4. The summed E-state index contributed by atoms with van der Waals surface area (Å²) in [6.07, 6.45) is 1.77. The molecule has 2 aromatic heterocycles. The van der Waals surface area contributed by atoms with Crippen LogP contribution in [0.5, 0.6) is 11.5 Å². The monoisotopic (exact) mass is 485 g/mol. The Morgan fingerprint density at radius 2 is 1.94 bits per heavy atom. The smallest absolute Gasteiger partial charge is 0.267 e. The third kappa shape index (κ3) is 4.87. The van der Waals surface area contributed by atoms with E-state index in [0.29, 0.717) is 35.5 Å². The Bertz CT molecular complexity index is 1140. The fourth-order valence-electron chi connectivity index (χ4n) is 4.06. The lowest BCUT2D eigenvalue weighted by Crippen LogP contribution is -2.45. The highest BCUT2D eigenvalue weighted by Crippen LogP contribution is 2.40. The highest BCUT2D eigenvalue weighted by molar-refractivity contribution is 7.14. The molecule has 4 heterocycles. The Labute approximate surface area is 198 Å². The van der Waals surface area contributed by atoms with E-state index in [0.717, 1.165) is 29.9 Å². The Kier molecular flexibility index (Phi) is 6.30. The van der Waals surface area contributed by atoms with Gasteiger partial charge in [-0.25, -0.2) is 4.98 Å². The standard InChI is InChI=1S/C23H23N3O5S2/c27-20(11-16-12-33-22(25-16)26-21(28)19-2-1-9-32-19)24-13-23(5-7-29-8-6-23)15-3-4-17-18(10-15)31-14-30-17/h1-4,9-10,12H,5-8,11,13-14H2,(H,24,27)(H,25,26,28). The van der Waals surface area contributed by atoms with Crippen LogP contribution < -0.4 is 20.1 Å². The van der Waals surface area contributed by atoms with Gasteiger partial charge in [-0.1, -0.05) is 12.1 Å². The molecule has 2 amide bonds. The summed E-state index contributed by atoms with van der Waals surface area (Å²) < 4.78 is 16.6. The lowest BCUT2D eigenvalue weighted by Gasteiger charge is -2.38. The van der Waals surface area contributed by atoms with Gasteiger partial charge in [0.05, 0.1) is 17.0 Å². The van der Waals surface area contributed by atoms with Crippen LogP contribution in [0.4, 0.5) is 5.13 Å². The summed E-state index contributed by atoms with van der Waals surface area (Å²) in [6, 6.07) is 9.58. The second-order valence-electron chi connectivity index (χ2n) is 7.99. The van der Waals surface area contributed by atoms with Crippen molar-refractivity contribution < 1.29 is 23.8 Å². The molecule has 2 aliphatic heterocycles. The van der Waals surface area contributed by atoms with Crippen LogP contribution in [0, 0.1) is 0 Å². The molecule has 1 aromatic carbocycles. The zero-order chi connectivity index (χ0) is 22.7. The Morgan fingerprint density at radius 1 is 1.09 bits per heavy atom. The number of amides is 2. The molecular formula is C23H23N3O5S2. The predicted octanol–water partition coefficient (Wildman–Crippen LogP) is 3.59. The topological polar surface area (TPSA) is 98.8 Å². The third-order valence-corrected chi connectivity index (χ3v) is 7.59. The number of benzene rings is 1. The van der Waals surface area contributed by atoms with Gasteiger partial charge in [0.1, 0.15) is 0 Å². The molecule has 0 atom stereocenters. The quantitative estimate of drug-likeness (QED) is 0.531. The molecule has 0 bridgehead atoms. The molecule has 1 fully saturated rings. The van der Waals surface area contributed by atoms with Gasteiger partial charge in [0, 0.05) is 30.6 Å². The second kappa shape index (κ2) is 9.50. The first kappa shape index (κ1) is 21.9. The summed E-state index contributed by atoms with van der Waals surface area (Å²) in [7, 11) is 0. The van der Waals surface area contributed by atoms with Crippen LogP contribution in [0.1, 0.15) is 33.8 Å². The second-order valence-corrected chi connectivity index (χ2v) is 9.80. The maximum absolute atomic E-state index is 12.7. The number of nitrogens with zero attached hydrogens (tertiary/aromatic N) is 1. The average Bonchev–Trinajstić information content (AvgIpc) is 3.60. The molecule has 0 aliphatic carbocycles. The molecular weight excluding hydrogens is 462 g/mol. The van der Waals surface area contributed by atoms with Crippen molar-refractivity contribution in [3.8, 4) is 11.5 Å². The SMILES string of the molecule is O=C(Cc1csc(NC(=O)c2cccs2)n1)NCC1(c2ccc3c(c2)OCO3)CCOCC1. The number of ether oxygens (including phenoxy) is 3. The number of anilines is 1. The van der Waals surface area contributed by atoms with E-state index in [-0.39, 0.29) is 30.4 Å². The van der Waals surface area contributed by atoms with E-state index < -0.39 is 0 Å². The minimum Gasteiger partial charge on any atom is -0.454 e. The van der Waals surface area contributed by atoms with E-state index in [2.05, 4.69) is 15.6 Å². The van der Waals surface area contributed by atoms with E-state index in [1.807, 2.05) is 29.6 Å². The van der Waals surface area contributed by atoms with Crippen molar-refractivity contribution in [3.63, 3.8) is 0 Å². The summed E-state index contributed by atoms with van der Waals surface area (Å²) in [5, 5.41) is 10.0. The molecule has 5 rings (SSSR count). The first-order valence-electron chi connectivity index (χ1n) is 10.7. The largest absolute Gasteiger partial charge is 0.454 e. The molecule has 2 aliphatic rings. The van der Waals surface area contributed by atoms with Crippen LogP contribution in [0.2, 0.25) is 0 Å². The number of aromatic nitrogens is 1. The fourth-order valence-corrected chi connectivity index (χ4v) is 5.39. The van der Waals surface area contributed by atoms with Crippen molar-refractivity contribution in [1.29, 1.82) is 0 Å². The van der Waals surface area contributed by atoms with Crippen LogP contribution in [0.25, 0.3) is 0 Å². The van der Waals surface area contributed by atoms with Crippen LogP contribution in [0.15, 0.2) is 41.1 Å². The minimum absolute atomic E-state index is 0.108.